The van der Waals surface area contributed by atoms with Crippen molar-refractivity contribution in [2.24, 2.45) is 0 Å². The van der Waals surface area contributed by atoms with Crippen LogP contribution in [0.5, 0.6) is 0 Å². The second kappa shape index (κ2) is 6.57. The predicted molar refractivity (Wildman–Crippen MR) is 101 cm³/mol. The van der Waals surface area contributed by atoms with E-state index < -0.39 is 0 Å². The fourth-order valence-corrected chi connectivity index (χ4v) is 2.82. The Balaban J connectivity index is 1.68. The lowest BCUT2D eigenvalue weighted by Crippen LogP contribution is -2.13. The number of aromatic nitrogens is 4. The smallest absolute Gasteiger partial charge is 0.274 e. The molecule has 0 aliphatic carbocycles. The molecule has 0 radical (unpaired) electrons. The Bertz CT molecular complexity index is 1110. The van der Waals surface area contributed by atoms with E-state index in [1.54, 1.807) is 48.8 Å². The average Bonchev–Trinajstić information content (AvgIpc) is 3.07. The maximum atomic E-state index is 12.3. The van der Waals surface area contributed by atoms with Crippen LogP contribution in [0.1, 0.15) is 16.1 Å². The molecule has 26 heavy (non-hydrogen) atoms. The number of nitrogens with zero attached hydrogens (tertiary/aromatic N) is 3. The zero-order valence-electron chi connectivity index (χ0n) is 13.8. The predicted octanol–water partition coefficient (Wildman–Crippen LogP) is 4.23. The van der Waals surface area contributed by atoms with Crippen molar-refractivity contribution in [2.45, 2.75) is 6.92 Å². The number of rotatable bonds is 3. The second-order valence-corrected chi connectivity index (χ2v) is 6.24. The van der Waals surface area contributed by atoms with Gasteiger partial charge in [0, 0.05) is 23.6 Å². The van der Waals surface area contributed by atoms with E-state index in [4.69, 9.17) is 11.6 Å². The molecule has 4 aromatic rings. The summed E-state index contributed by atoms with van der Waals surface area (Å²) in [6.45, 7) is 1.97. The number of carbonyl (C=O) groups excluding carboxylic acids is 1. The van der Waals surface area contributed by atoms with Crippen LogP contribution in [0.3, 0.4) is 0 Å². The number of fused-ring (bicyclic) bond motifs is 1. The molecule has 0 unspecified atom stereocenters. The van der Waals surface area contributed by atoms with Gasteiger partial charge in [-0.2, -0.15) is 0 Å². The minimum atomic E-state index is -0.291. The highest BCUT2D eigenvalue weighted by atomic mass is 35.5. The number of hydrogen-bond donors (Lipinski definition) is 2. The highest BCUT2D eigenvalue weighted by molar-refractivity contribution is 6.33. The quantitative estimate of drug-likeness (QED) is 0.570. The van der Waals surface area contributed by atoms with E-state index >= 15 is 0 Å². The van der Waals surface area contributed by atoms with Gasteiger partial charge in [-0.15, -0.1) is 0 Å². The fraction of sp³-hybridized carbons (Fsp3) is 0.0526. The van der Waals surface area contributed by atoms with Crippen LogP contribution in [0.15, 0.2) is 54.9 Å². The van der Waals surface area contributed by atoms with E-state index in [0.717, 1.165) is 11.1 Å². The molecule has 0 saturated carbocycles. The van der Waals surface area contributed by atoms with Crippen molar-refractivity contribution >= 4 is 34.4 Å². The Kier molecular flexibility index (Phi) is 4.10. The molecule has 3 aromatic heterocycles. The number of aryl methyl sites for hydroxylation is 1. The third-order valence-corrected chi connectivity index (χ3v) is 4.18. The molecule has 0 atom stereocenters. The highest BCUT2D eigenvalue weighted by Gasteiger charge is 2.13. The third-order valence-electron chi connectivity index (χ3n) is 3.85. The Morgan fingerprint density at radius 3 is 2.85 bits per heavy atom. The van der Waals surface area contributed by atoms with E-state index in [0.29, 0.717) is 33.4 Å². The van der Waals surface area contributed by atoms with Crippen LogP contribution in [-0.4, -0.2) is 25.8 Å². The highest BCUT2D eigenvalue weighted by Crippen LogP contribution is 2.30. The van der Waals surface area contributed by atoms with E-state index in [9.17, 15) is 4.79 Å². The first-order valence-electron chi connectivity index (χ1n) is 7.95. The molecule has 3 heterocycles. The molecule has 1 aromatic carbocycles. The van der Waals surface area contributed by atoms with Crippen molar-refractivity contribution in [2.75, 3.05) is 5.32 Å². The summed E-state index contributed by atoms with van der Waals surface area (Å²) in [5.41, 5.74) is 4.11. The van der Waals surface area contributed by atoms with Gasteiger partial charge in [0.2, 0.25) is 0 Å². The molecule has 128 valence electrons. The maximum absolute atomic E-state index is 12.3. The first kappa shape index (κ1) is 16.2. The van der Waals surface area contributed by atoms with Crippen molar-refractivity contribution in [3.8, 4) is 11.4 Å². The first-order valence-corrected chi connectivity index (χ1v) is 8.32. The summed E-state index contributed by atoms with van der Waals surface area (Å²) < 4.78 is 0. The number of aromatic amines is 1. The molecule has 0 bridgehead atoms. The fourth-order valence-electron chi connectivity index (χ4n) is 2.61. The van der Waals surface area contributed by atoms with Crippen LogP contribution in [0, 0.1) is 6.92 Å². The molecule has 0 spiro atoms. The minimum absolute atomic E-state index is 0.291. The van der Waals surface area contributed by atoms with Gasteiger partial charge < -0.3 is 10.3 Å². The molecular weight excluding hydrogens is 350 g/mol. The number of anilines is 1. The summed E-state index contributed by atoms with van der Waals surface area (Å²) in [5, 5.41) is 3.35. The Morgan fingerprint density at radius 2 is 2.04 bits per heavy atom. The van der Waals surface area contributed by atoms with Crippen LogP contribution in [0.2, 0.25) is 5.02 Å². The number of amides is 1. The molecule has 0 aliphatic heterocycles. The molecule has 0 aliphatic rings. The van der Waals surface area contributed by atoms with Gasteiger partial charge in [0.25, 0.3) is 5.91 Å². The number of halogens is 1. The van der Waals surface area contributed by atoms with Gasteiger partial charge >= 0.3 is 0 Å². The summed E-state index contributed by atoms with van der Waals surface area (Å²) in [4.78, 5) is 28.3. The van der Waals surface area contributed by atoms with Crippen molar-refractivity contribution in [3.63, 3.8) is 0 Å². The number of nitrogens with one attached hydrogen (secondary N) is 2. The van der Waals surface area contributed by atoms with Crippen LogP contribution in [0.4, 0.5) is 5.69 Å². The van der Waals surface area contributed by atoms with Gasteiger partial charge in [-0.25, -0.2) is 9.97 Å². The third kappa shape index (κ3) is 3.14. The van der Waals surface area contributed by atoms with Crippen molar-refractivity contribution < 1.29 is 4.79 Å². The van der Waals surface area contributed by atoms with Crippen molar-refractivity contribution in [1.29, 1.82) is 0 Å². The van der Waals surface area contributed by atoms with Crippen LogP contribution < -0.4 is 5.32 Å². The van der Waals surface area contributed by atoms with Gasteiger partial charge in [-0.1, -0.05) is 17.7 Å². The van der Waals surface area contributed by atoms with Gasteiger partial charge in [-0.05, 0) is 48.9 Å². The summed E-state index contributed by atoms with van der Waals surface area (Å²) >= 11 is 6.34. The lowest BCUT2D eigenvalue weighted by Gasteiger charge is -2.07. The Labute approximate surface area is 154 Å². The largest absolute Gasteiger partial charge is 0.337 e. The number of pyridine rings is 2. The standard InChI is InChI=1S/C19H14ClN5O/c1-11-8-16-18(22-10-11)25-17(24-16)13-9-12(5-6-14(13)20)23-19(26)15-4-2-3-7-21-15/h2-10H,1H3,(H,23,26)(H,22,24,25). The van der Waals surface area contributed by atoms with E-state index in [1.165, 1.54) is 0 Å². The summed E-state index contributed by atoms with van der Waals surface area (Å²) in [6.07, 6.45) is 3.34. The number of carbonyl (C=O) groups is 1. The topological polar surface area (TPSA) is 83.6 Å². The molecule has 2 N–H and O–H groups in total. The van der Waals surface area contributed by atoms with Crippen molar-refractivity contribution in [3.05, 3.63) is 71.1 Å². The maximum Gasteiger partial charge on any atom is 0.274 e. The first-order chi connectivity index (χ1) is 12.6. The lowest BCUT2D eigenvalue weighted by atomic mass is 10.2. The molecule has 7 heteroatoms. The molecule has 0 saturated heterocycles. The summed E-state index contributed by atoms with van der Waals surface area (Å²) in [5.74, 6) is 0.304. The molecule has 4 rings (SSSR count). The van der Waals surface area contributed by atoms with Crippen LogP contribution in [0.25, 0.3) is 22.6 Å². The SMILES string of the molecule is Cc1cnc2nc(-c3cc(NC(=O)c4ccccn4)ccc3Cl)[nH]c2c1. The van der Waals surface area contributed by atoms with Crippen LogP contribution in [-0.2, 0) is 0 Å². The Morgan fingerprint density at radius 1 is 1.15 bits per heavy atom. The Hall–Kier alpha value is -3.25. The van der Waals surface area contributed by atoms with Gasteiger partial charge in [-0.3, -0.25) is 9.78 Å². The van der Waals surface area contributed by atoms with E-state index in [1.807, 2.05) is 13.0 Å². The van der Waals surface area contributed by atoms with Crippen molar-refractivity contribution in [1.82, 2.24) is 19.9 Å². The molecule has 6 nitrogen and oxygen atoms in total. The molecule has 0 fully saturated rings. The number of hydrogen-bond acceptors (Lipinski definition) is 4. The summed E-state index contributed by atoms with van der Waals surface area (Å²) in [6, 6.07) is 12.4. The monoisotopic (exact) mass is 363 g/mol. The molecular formula is C19H14ClN5O. The van der Waals surface area contributed by atoms with Crippen LogP contribution >= 0.6 is 11.6 Å². The van der Waals surface area contributed by atoms with Gasteiger partial charge in [0.05, 0.1) is 10.5 Å². The normalized spacial score (nSPS) is 10.8. The zero-order chi connectivity index (χ0) is 18.1. The number of H-pyrrole nitrogens is 1. The zero-order valence-corrected chi connectivity index (χ0v) is 14.6. The summed E-state index contributed by atoms with van der Waals surface area (Å²) in [7, 11) is 0. The average molecular weight is 364 g/mol. The van der Waals surface area contributed by atoms with Gasteiger partial charge in [0.15, 0.2) is 5.65 Å². The number of benzene rings is 1. The lowest BCUT2D eigenvalue weighted by molar-refractivity contribution is 0.102. The number of imidazole rings is 1. The molecule has 1 amide bonds. The second-order valence-electron chi connectivity index (χ2n) is 5.83. The minimum Gasteiger partial charge on any atom is -0.337 e. The van der Waals surface area contributed by atoms with Gasteiger partial charge in [0.1, 0.15) is 11.5 Å². The van der Waals surface area contributed by atoms with E-state index in [2.05, 4.69) is 25.3 Å². The van der Waals surface area contributed by atoms with E-state index in [-0.39, 0.29) is 5.91 Å².